The van der Waals surface area contributed by atoms with Crippen LogP contribution in [0.1, 0.15) is 27.0 Å². The number of hydrogen-bond acceptors (Lipinski definition) is 4. The molecule has 180 valence electrons. The number of sulfonamides is 1. The minimum atomic E-state index is -5.19. The highest BCUT2D eigenvalue weighted by Crippen LogP contribution is 2.38. The summed E-state index contributed by atoms with van der Waals surface area (Å²) in [4.78, 5) is 12.8. The highest BCUT2D eigenvalue weighted by molar-refractivity contribution is 7.89. The van der Waals surface area contributed by atoms with Crippen LogP contribution < -0.4 is 0 Å². The Labute approximate surface area is 185 Å². The van der Waals surface area contributed by atoms with E-state index in [2.05, 4.69) is 0 Å². The van der Waals surface area contributed by atoms with E-state index in [9.17, 15) is 44.7 Å². The Morgan fingerprint density at radius 2 is 1.39 bits per heavy atom. The van der Waals surface area contributed by atoms with E-state index in [1.165, 1.54) is 17.0 Å². The van der Waals surface area contributed by atoms with E-state index >= 15 is 0 Å². The standard InChI is InChI=1S/C20H18F6N2O4S/c1-12-2-3-17(29)16(8-12)18(30)27-4-6-28(7-5-27)33(31,32)15-10-13(19(21,22)23)9-14(11-15)20(24,25)26/h2-3,8-11,29H,4-7H2,1H3. The van der Waals surface area contributed by atoms with Crippen molar-refractivity contribution in [2.75, 3.05) is 26.2 Å². The number of halogens is 6. The van der Waals surface area contributed by atoms with Gasteiger partial charge in [0.2, 0.25) is 10.0 Å². The second kappa shape index (κ2) is 8.52. The molecule has 1 aliphatic heterocycles. The Morgan fingerprint density at radius 3 is 1.88 bits per heavy atom. The van der Waals surface area contributed by atoms with Crippen LogP contribution in [0, 0.1) is 6.92 Å². The molecule has 0 spiro atoms. The number of hydrogen-bond donors (Lipinski definition) is 1. The van der Waals surface area contributed by atoms with Gasteiger partial charge in [-0.15, -0.1) is 0 Å². The van der Waals surface area contributed by atoms with Gasteiger partial charge in [-0.05, 0) is 37.3 Å². The molecule has 2 aromatic rings. The molecule has 1 saturated heterocycles. The number of rotatable bonds is 3. The van der Waals surface area contributed by atoms with Crippen LogP contribution in [0.5, 0.6) is 5.75 Å². The number of benzene rings is 2. The summed E-state index contributed by atoms with van der Waals surface area (Å²) in [5.74, 6) is -0.851. The van der Waals surface area contributed by atoms with Gasteiger partial charge >= 0.3 is 12.4 Å². The fraction of sp³-hybridized carbons (Fsp3) is 0.350. The van der Waals surface area contributed by atoms with Crippen molar-refractivity contribution in [1.82, 2.24) is 9.21 Å². The van der Waals surface area contributed by atoms with Crippen LogP contribution in [0.25, 0.3) is 0 Å². The van der Waals surface area contributed by atoms with Crippen molar-refractivity contribution in [3.05, 3.63) is 58.7 Å². The Morgan fingerprint density at radius 1 is 0.879 bits per heavy atom. The molecule has 2 aromatic carbocycles. The quantitative estimate of drug-likeness (QED) is 0.655. The molecular weight excluding hydrogens is 478 g/mol. The summed E-state index contributed by atoms with van der Waals surface area (Å²) in [5, 5.41) is 9.91. The Kier molecular flexibility index (Phi) is 6.41. The van der Waals surface area contributed by atoms with Gasteiger partial charge in [-0.2, -0.15) is 30.6 Å². The summed E-state index contributed by atoms with van der Waals surface area (Å²) >= 11 is 0. The average molecular weight is 496 g/mol. The molecule has 1 aliphatic rings. The van der Waals surface area contributed by atoms with E-state index in [1.54, 1.807) is 13.0 Å². The van der Waals surface area contributed by atoms with E-state index in [-0.39, 0.29) is 55.7 Å². The molecular formula is C20H18F6N2O4S. The number of nitrogens with zero attached hydrogens (tertiary/aromatic N) is 2. The number of carbonyl (C=O) groups excluding carboxylic acids is 1. The van der Waals surface area contributed by atoms with Crippen molar-refractivity contribution in [2.24, 2.45) is 0 Å². The van der Waals surface area contributed by atoms with Crippen molar-refractivity contribution in [3.63, 3.8) is 0 Å². The maximum Gasteiger partial charge on any atom is 0.416 e. The predicted molar refractivity (Wildman–Crippen MR) is 104 cm³/mol. The summed E-state index contributed by atoms with van der Waals surface area (Å²) in [6.45, 7) is 0.661. The number of alkyl halides is 6. The molecule has 0 radical (unpaired) electrons. The number of amides is 1. The lowest BCUT2D eigenvalue weighted by molar-refractivity contribution is -0.143. The maximum absolute atomic E-state index is 13.1. The first-order valence-electron chi connectivity index (χ1n) is 9.49. The summed E-state index contributed by atoms with van der Waals surface area (Å²) in [6.07, 6.45) is -10.4. The second-order valence-electron chi connectivity index (χ2n) is 7.46. The van der Waals surface area contributed by atoms with Crippen molar-refractivity contribution in [2.45, 2.75) is 24.2 Å². The zero-order valence-electron chi connectivity index (χ0n) is 17.0. The number of aromatic hydroxyl groups is 1. The smallest absolute Gasteiger partial charge is 0.416 e. The summed E-state index contributed by atoms with van der Waals surface area (Å²) in [6, 6.07) is 4.53. The average Bonchev–Trinajstić information content (AvgIpc) is 2.73. The fourth-order valence-corrected chi connectivity index (χ4v) is 4.84. The molecule has 13 heteroatoms. The second-order valence-corrected chi connectivity index (χ2v) is 9.40. The number of phenols is 1. The fourth-order valence-electron chi connectivity index (χ4n) is 3.35. The van der Waals surface area contributed by atoms with E-state index in [0.717, 1.165) is 4.31 Å². The minimum Gasteiger partial charge on any atom is -0.507 e. The van der Waals surface area contributed by atoms with Crippen LogP contribution >= 0.6 is 0 Å². The van der Waals surface area contributed by atoms with Crippen molar-refractivity contribution in [1.29, 1.82) is 0 Å². The lowest BCUT2D eigenvalue weighted by atomic mass is 10.1. The van der Waals surface area contributed by atoms with Gasteiger partial charge < -0.3 is 10.0 Å². The number of aryl methyl sites for hydroxylation is 1. The topological polar surface area (TPSA) is 77.9 Å². The minimum absolute atomic E-state index is 0.000922. The zero-order valence-corrected chi connectivity index (χ0v) is 17.9. The van der Waals surface area contributed by atoms with Gasteiger partial charge in [0.15, 0.2) is 0 Å². The van der Waals surface area contributed by atoms with E-state index in [1.807, 2.05) is 0 Å². The Balaban J connectivity index is 1.85. The third-order valence-electron chi connectivity index (χ3n) is 5.11. The molecule has 0 aliphatic carbocycles. The van der Waals surface area contributed by atoms with Gasteiger partial charge in [0.1, 0.15) is 5.75 Å². The molecule has 1 fully saturated rings. The van der Waals surface area contributed by atoms with Gasteiger partial charge in [0.25, 0.3) is 5.91 Å². The van der Waals surface area contributed by atoms with Crippen LogP contribution in [-0.2, 0) is 22.4 Å². The maximum atomic E-state index is 13.1. The largest absolute Gasteiger partial charge is 0.507 e. The van der Waals surface area contributed by atoms with Crippen molar-refractivity contribution >= 4 is 15.9 Å². The molecule has 6 nitrogen and oxygen atoms in total. The third kappa shape index (κ3) is 5.24. The summed E-state index contributed by atoms with van der Waals surface area (Å²) in [7, 11) is -4.71. The monoisotopic (exact) mass is 496 g/mol. The van der Waals surface area contributed by atoms with Crippen molar-refractivity contribution in [3.8, 4) is 5.75 Å². The molecule has 1 amide bonds. The van der Waals surface area contributed by atoms with Gasteiger partial charge in [-0.1, -0.05) is 11.6 Å². The predicted octanol–water partition coefficient (Wildman–Crippen LogP) is 3.88. The van der Waals surface area contributed by atoms with E-state index in [0.29, 0.717) is 5.56 Å². The van der Waals surface area contributed by atoms with Crippen LogP contribution in [0.3, 0.4) is 0 Å². The molecule has 0 saturated carbocycles. The molecule has 0 bridgehead atoms. The molecule has 33 heavy (non-hydrogen) atoms. The molecule has 1 N–H and O–H groups in total. The van der Waals surface area contributed by atoms with Crippen LogP contribution in [0.4, 0.5) is 26.3 Å². The highest BCUT2D eigenvalue weighted by atomic mass is 32.2. The summed E-state index contributed by atoms with van der Waals surface area (Å²) in [5.41, 5.74) is -2.78. The molecule has 3 rings (SSSR count). The van der Waals surface area contributed by atoms with Gasteiger partial charge in [0.05, 0.1) is 21.6 Å². The third-order valence-corrected chi connectivity index (χ3v) is 6.98. The number of piperazine rings is 1. The molecule has 0 unspecified atom stereocenters. The van der Waals surface area contributed by atoms with Crippen LogP contribution in [0.15, 0.2) is 41.3 Å². The first-order chi connectivity index (χ1) is 15.1. The van der Waals surface area contributed by atoms with Gasteiger partial charge in [0, 0.05) is 26.2 Å². The van der Waals surface area contributed by atoms with Gasteiger partial charge in [-0.25, -0.2) is 8.42 Å². The Hall–Kier alpha value is -2.80. The van der Waals surface area contributed by atoms with Crippen LogP contribution in [-0.4, -0.2) is 54.8 Å². The van der Waals surface area contributed by atoms with E-state index in [4.69, 9.17) is 0 Å². The molecule has 0 aromatic heterocycles. The lowest BCUT2D eigenvalue weighted by Gasteiger charge is -2.34. The lowest BCUT2D eigenvalue weighted by Crippen LogP contribution is -2.50. The summed E-state index contributed by atoms with van der Waals surface area (Å²) < 4.78 is 105. The SMILES string of the molecule is Cc1ccc(O)c(C(=O)N2CCN(S(=O)(=O)c3cc(C(F)(F)F)cc(C(F)(F)F)c3)CC2)c1. The van der Waals surface area contributed by atoms with Crippen molar-refractivity contribution < 1.29 is 44.7 Å². The highest BCUT2D eigenvalue weighted by Gasteiger charge is 2.40. The van der Waals surface area contributed by atoms with E-state index < -0.39 is 44.3 Å². The first-order valence-corrected chi connectivity index (χ1v) is 10.9. The zero-order chi connectivity index (χ0) is 24.8. The molecule has 1 heterocycles. The normalized spacial score (nSPS) is 16.2. The molecule has 0 atom stereocenters. The number of carbonyl (C=O) groups is 1. The Bertz CT molecular complexity index is 1140. The first kappa shape index (κ1) is 24.8. The van der Waals surface area contributed by atoms with Gasteiger partial charge in [-0.3, -0.25) is 4.79 Å². The van der Waals surface area contributed by atoms with Crippen LogP contribution in [0.2, 0.25) is 0 Å². The number of phenolic OH excluding ortho intramolecular Hbond substituents is 1.